The van der Waals surface area contributed by atoms with Gasteiger partial charge in [-0.2, -0.15) is 0 Å². The van der Waals surface area contributed by atoms with Crippen LogP contribution in [-0.4, -0.2) is 20.9 Å². The van der Waals surface area contributed by atoms with E-state index in [4.69, 9.17) is 2.76 Å². The average Bonchev–Trinajstić information content (AvgIpc) is 2.90. The molecule has 0 fully saturated rings. The summed E-state index contributed by atoms with van der Waals surface area (Å²) >= 11 is -0.527. The van der Waals surface area contributed by atoms with Gasteiger partial charge in [0.1, 0.15) is 0 Å². The van der Waals surface area contributed by atoms with E-state index >= 15 is 0 Å². The molecule has 0 bridgehead atoms. The van der Waals surface area contributed by atoms with E-state index in [2.05, 4.69) is 42.5 Å². The van der Waals surface area contributed by atoms with Gasteiger partial charge in [-0.3, -0.25) is 0 Å². The second-order valence-corrected chi connectivity index (χ2v) is 5.98. The maximum absolute atomic E-state index is 5.86. The molecule has 0 aliphatic carbocycles. The third-order valence-electron chi connectivity index (χ3n) is 2.60. The van der Waals surface area contributed by atoms with Crippen molar-refractivity contribution in [2.75, 3.05) is 0 Å². The number of rotatable bonds is 2. The molecule has 0 aliphatic heterocycles. The van der Waals surface area contributed by atoms with Gasteiger partial charge < -0.3 is 17.0 Å². The van der Waals surface area contributed by atoms with Crippen molar-refractivity contribution < 1.29 is 19.7 Å². The van der Waals surface area contributed by atoms with Crippen LogP contribution in [-0.2, 0) is 0 Å². The summed E-state index contributed by atoms with van der Waals surface area (Å²) in [6.45, 7) is 0. The zero-order chi connectivity index (χ0) is 11.5. The predicted octanol–water partition coefficient (Wildman–Crippen LogP) is 0.956. The molecule has 2 aromatic carbocycles. The molecule has 1 aromatic heterocycles. The van der Waals surface area contributed by atoms with Crippen molar-refractivity contribution in [1.29, 1.82) is 0 Å². The normalized spacial score (nSPS) is 9.78. The van der Waals surface area contributed by atoms with Crippen LogP contribution in [0.3, 0.4) is 0 Å². The van der Waals surface area contributed by atoms with E-state index in [0.29, 0.717) is 0 Å². The van der Waals surface area contributed by atoms with Gasteiger partial charge in [0.2, 0.25) is 0 Å². The molecule has 3 aromatic rings. The Kier molecular flexibility index (Phi) is 4.77. The van der Waals surface area contributed by atoms with Crippen LogP contribution in [0.4, 0.5) is 0 Å². The third kappa shape index (κ3) is 2.92. The van der Waals surface area contributed by atoms with Crippen LogP contribution < -0.4 is 17.0 Å². The minimum atomic E-state index is -0.527. The SMILES string of the molecule is [Br-].c1ccc(-c2cc(-c3ccccc3)[te][o+]2)cc1. The van der Waals surface area contributed by atoms with Crippen molar-refractivity contribution in [2.45, 2.75) is 0 Å². The number of hydrogen-bond donors (Lipinski definition) is 0. The van der Waals surface area contributed by atoms with Crippen molar-refractivity contribution in [3.05, 3.63) is 66.7 Å². The van der Waals surface area contributed by atoms with Crippen LogP contribution in [0.15, 0.2) is 69.5 Å². The first-order valence-corrected chi connectivity index (χ1v) is 7.59. The first-order chi connectivity index (χ1) is 8.43. The van der Waals surface area contributed by atoms with Gasteiger partial charge in [-0.25, -0.2) is 0 Å². The Balaban J connectivity index is 0.00000120. The zero-order valence-corrected chi connectivity index (χ0v) is 13.5. The molecule has 18 heavy (non-hydrogen) atoms. The Hall–Kier alpha value is -0.880. The third-order valence-corrected chi connectivity index (χ3v) is 4.87. The second-order valence-electron chi connectivity index (χ2n) is 3.77. The van der Waals surface area contributed by atoms with E-state index in [1.54, 1.807) is 0 Å². The molecule has 3 rings (SSSR count). The summed E-state index contributed by atoms with van der Waals surface area (Å²) in [5.74, 6) is 1.02. The molecule has 0 unspecified atom stereocenters. The van der Waals surface area contributed by atoms with Crippen molar-refractivity contribution in [1.82, 2.24) is 0 Å². The molecule has 90 valence electrons. The molecule has 0 N–H and O–H groups in total. The maximum atomic E-state index is 5.86. The van der Waals surface area contributed by atoms with Gasteiger partial charge in [0.15, 0.2) is 0 Å². The molecule has 0 amide bonds. The summed E-state index contributed by atoms with van der Waals surface area (Å²) < 4.78 is 7.23. The number of benzene rings is 2. The summed E-state index contributed by atoms with van der Waals surface area (Å²) in [5.41, 5.74) is 2.46. The van der Waals surface area contributed by atoms with Gasteiger partial charge in [0.25, 0.3) is 0 Å². The summed E-state index contributed by atoms with van der Waals surface area (Å²) in [7, 11) is 0. The molecule has 1 nitrogen and oxygen atoms in total. The molecular formula is C15H11BrOTe. The predicted molar refractivity (Wildman–Crippen MR) is 70.9 cm³/mol. The average molecular weight is 415 g/mol. The van der Waals surface area contributed by atoms with Crippen LogP contribution in [0, 0.1) is 0 Å². The van der Waals surface area contributed by atoms with Crippen LogP contribution in [0.5, 0.6) is 0 Å². The van der Waals surface area contributed by atoms with E-state index < -0.39 is 20.9 Å². The number of hydrogen-bond acceptors (Lipinski definition) is 0. The minimum absolute atomic E-state index is 0. The molecule has 0 radical (unpaired) electrons. The Morgan fingerprint density at radius 2 is 1.28 bits per heavy atom. The van der Waals surface area contributed by atoms with Gasteiger partial charge >= 0.3 is 111 Å². The Labute approximate surface area is 127 Å². The molecule has 0 atom stereocenters. The standard InChI is InChI=1S/C15H11OTe.BrH/c1-3-7-12(8-4-1)14-11-15(17-16-14)13-9-5-2-6-10-13;/h1-11H;1H/q+1;/p-1. The second kappa shape index (κ2) is 6.33. The topological polar surface area (TPSA) is 11.3 Å². The molecule has 0 saturated carbocycles. The van der Waals surface area contributed by atoms with Crippen LogP contribution >= 0.6 is 0 Å². The van der Waals surface area contributed by atoms with Crippen LogP contribution in [0.25, 0.3) is 20.5 Å². The van der Waals surface area contributed by atoms with Crippen LogP contribution in [0.1, 0.15) is 0 Å². The van der Waals surface area contributed by atoms with Crippen molar-refractivity contribution in [3.63, 3.8) is 0 Å². The van der Waals surface area contributed by atoms with Crippen LogP contribution in [0.2, 0.25) is 0 Å². The quantitative estimate of drug-likeness (QED) is 0.449. The van der Waals surface area contributed by atoms with E-state index in [1.165, 1.54) is 14.7 Å². The molecule has 0 spiro atoms. The fraction of sp³-hybridized carbons (Fsp3) is 0. The van der Waals surface area contributed by atoms with Crippen molar-refractivity contribution in [3.8, 4) is 20.5 Å². The van der Waals surface area contributed by atoms with Gasteiger partial charge in [-0.05, 0) is 0 Å². The van der Waals surface area contributed by atoms with E-state index in [0.717, 1.165) is 5.76 Å². The molecular weight excluding hydrogens is 404 g/mol. The fourth-order valence-corrected chi connectivity index (χ4v) is 3.75. The summed E-state index contributed by atoms with van der Waals surface area (Å²) in [6, 6.07) is 23.0. The first kappa shape index (κ1) is 13.5. The summed E-state index contributed by atoms with van der Waals surface area (Å²) in [5, 5.41) is 0. The van der Waals surface area contributed by atoms with Gasteiger partial charge in [-0.1, -0.05) is 0 Å². The van der Waals surface area contributed by atoms with E-state index in [9.17, 15) is 0 Å². The Morgan fingerprint density at radius 1 is 0.722 bits per heavy atom. The van der Waals surface area contributed by atoms with Gasteiger partial charge in [0.05, 0.1) is 0 Å². The van der Waals surface area contributed by atoms with Crippen molar-refractivity contribution >= 4 is 20.9 Å². The van der Waals surface area contributed by atoms with Gasteiger partial charge in [0, 0.05) is 0 Å². The molecule has 3 heteroatoms. The summed E-state index contributed by atoms with van der Waals surface area (Å²) in [4.78, 5) is 0. The van der Waals surface area contributed by atoms with Crippen molar-refractivity contribution in [2.24, 2.45) is 0 Å². The summed E-state index contributed by atoms with van der Waals surface area (Å²) in [6.07, 6.45) is 0. The Morgan fingerprint density at radius 3 is 1.89 bits per heavy atom. The molecule has 0 saturated heterocycles. The first-order valence-electron chi connectivity index (χ1n) is 5.47. The molecule has 0 aliphatic rings. The number of halogens is 1. The fourth-order valence-electron chi connectivity index (χ4n) is 1.72. The Bertz CT molecular complexity index is 551. The molecule has 1 heterocycles. The van der Waals surface area contributed by atoms with E-state index in [-0.39, 0.29) is 17.0 Å². The van der Waals surface area contributed by atoms with Gasteiger partial charge in [-0.15, -0.1) is 0 Å². The zero-order valence-electron chi connectivity index (χ0n) is 9.55. The monoisotopic (exact) mass is 416 g/mol. The van der Waals surface area contributed by atoms with E-state index in [1.807, 2.05) is 24.3 Å².